The summed E-state index contributed by atoms with van der Waals surface area (Å²) in [7, 11) is 3.99. The smallest absolute Gasteiger partial charge is 0.224 e. The fourth-order valence-electron chi connectivity index (χ4n) is 1.67. The van der Waals surface area contributed by atoms with E-state index in [4.69, 9.17) is 10.5 Å². The largest absolute Gasteiger partial charge is 0.490 e. The Morgan fingerprint density at radius 1 is 1.40 bits per heavy atom. The van der Waals surface area contributed by atoms with Crippen LogP contribution in [0, 0.1) is 6.92 Å². The fourth-order valence-corrected chi connectivity index (χ4v) is 1.67. The van der Waals surface area contributed by atoms with Crippen molar-refractivity contribution in [3.05, 3.63) is 23.8 Å². The molecule has 0 atom stereocenters. The first-order valence-electron chi connectivity index (χ1n) is 6.91. The number of ether oxygens (including phenoxy) is 1. The van der Waals surface area contributed by atoms with Gasteiger partial charge in [0, 0.05) is 13.0 Å². The van der Waals surface area contributed by atoms with Gasteiger partial charge >= 0.3 is 0 Å². The number of carbonyl (C=O) groups excluding carboxylic acids is 1. The molecule has 0 saturated carbocycles. The normalized spacial score (nSPS) is 10.7. The van der Waals surface area contributed by atoms with Crippen molar-refractivity contribution in [3.8, 4) is 5.75 Å². The number of nitrogens with zero attached hydrogens (tertiary/aromatic N) is 1. The number of aryl methyl sites for hydroxylation is 1. The van der Waals surface area contributed by atoms with Crippen molar-refractivity contribution in [2.45, 2.75) is 19.8 Å². The van der Waals surface area contributed by atoms with Crippen LogP contribution in [0.5, 0.6) is 5.75 Å². The molecule has 0 bridgehead atoms. The standard InChI is InChI=1S/C15H25N3O2/c1-12-6-7-13(17-15(19)5-4-8-16)14(11-12)20-10-9-18(2)3/h6-7,11H,4-5,8-10,16H2,1-3H3,(H,17,19). The second kappa shape index (κ2) is 8.55. The summed E-state index contributed by atoms with van der Waals surface area (Å²) in [6.07, 6.45) is 1.12. The van der Waals surface area contributed by atoms with Crippen LogP contribution >= 0.6 is 0 Å². The Hall–Kier alpha value is -1.59. The molecule has 0 radical (unpaired) electrons. The summed E-state index contributed by atoms with van der Waals surface area (Å²) in [5, 5.41) is 2.88. The first kappa shape index (κ1) is 16.5. The molecular weight excluding hydrogens is 254 g/mol. The minimum Gasteiger partial charge on any atom is -0.490 e. The summed E-state index contributed by atoms with van der Waals surface area (Å²) in [6.45, 7) is 3.93. The lowest BCUT2D eigenvalue weighted by Crippen LogP contribution is -2.20. The molecule has 0 aliphatic heterocycles. The summed E-state index contributed by atoms with van der Waals surface area (Å²) in [5.74, 6) is 0.685. The van der Waals surface area contributed by atoms with E-state index in [-0.39, 0.29) is 5.91 Å². The fraction of sp³-hybridized carbons (Fsp3) is 0.533. The van der Waals surface area contributed by atoms with Crippen LogP contribution in [-0.4, -0.2) is 44.6 Å². The minimum absolute atomic E-state index is 0.0308. The lowest BCUT2D eigenvalue weighted by atomic mass is 10.2. The van der Waals surface area contributed by atoms with Crippen LogP contribution in [0.15, 0.2) is 18.2 Å². The van der Waals surface area contributed by atoms with Gasteiger partial charge in [-0.05, 0) is 51.7 Å². The molecule has 0 saturated heterocycles. The SMILES string of the molecule is Cc1ccc(NC(=O)CCCN)c(OCCN(C)C)c1. The highest BCUT2D eigenvalue weighted by molar-refractivity contribution is 5.92. The van der Waals surface area contributed by atoms with E-state index in [1.165, 1.54) is 0 Å². The lowest BCUT2D eigenvalue weighted by Gasteiger charge is -2.15. The van der Waals surface area contributed by atoms with Crippen LogP contribution in [-0.2, 0) is 4.79 Å². The molecule has 0 unspecified atom stereocenters. The Bertz CT molecular complexity index is 433. The van der Waals surface area contributed by atoms with Crippen molar-refractivity contribution >= 4 is 11.6 Å². The quantitative estimate of drug-likeness (QED) is 0.758. The average Bonchev–Trinajstić information content (AvgIpc) is 2.39. The Balaban J connectivity index is 2.66. The van der Waals surface area contributed by atoms with Gasteiger partial charge in [-0.2, -0.15) is 0 Å². The number of hydrogen-bond acceptors (Lipinski definition) is 4. The molecule has 1 aromatic rings. The van der Waals surface area contributed by atoms with E-state index < -0.39 is 0 Å². The molecule has 0 aromatic heterocycles. The first-order valence-corrected chi connectivity index (χ1v) is 6.91. The number of anilines is 1. The average molecular weight is 279 g/mol. The highest BCUT2D eigenvalue weighted by Crippen LogP contribution is 2.26. The maximum absolute atomic E-state index is 11.8. The van der Waals surface area contributed by atoms with E-state index in [2.05, 4.69) is 10.2 Å². The molecular formula is C15H25N3O2. The van der Waals surface area contributed by atoms with Crippen molar-refractivity contribution in [1.29, 1.82) is 0 Å². The second-order valence-corrected chi connectivity index (χ2v) is 5.09. The molecule has 5 heteroatoms. The van der Waals surface area contributed by atoms with Gasteiger partial charge in [-0.15, -0.1) is 0 Å². The Morgan fingerprint density at radius 3 is 2.80 bits per heavy atom. The molecule has 1 amide bonds. The van der Waals surface area contributed by atoms with E-state index >= 15 is 0 Å². The molecule has 0 fully saturated rings. The number of nitrogens with one attached hydrogen (secondary N) is 1. The van der Waals surface area contributed by atoms with Crippen molar-refractivity contribution in [3.63, 3.8) is 0 Å². The van der Waals surface area contributed by atoms with Gasteiger partial charge in [0.2, 0.25) is 5.91 Å². The highest BCUT2D eigenvalue weighted by Gasteiger charge is 2.08. The topological polar surface area (TPSA) is 67.6 Å². The molecule has 5 nitrogen and oxygen atoms in total. The zero-order valence-electron chi connectivity index (χ0n) is 12.6. The molecule has 3 N–H and O–H groups in total. The Morgan fingerprint density at radius 2 is 2.15 bits per heavy atom. The van der Waals surface area contributed by atoms with Gasteiger partial charge in [-0.3, -0.25) is 4.79 Å². The van der Waals surface area contributed by atoms with E-state index in [1.807, 2.05) is 39.2 Å². The summed E-state index contributed by atoms with van der Waals surface area (Å²) < 4.78 is 5.75. The number of benzene rings is 1. The van der Waals surface area contributed by atoms with Crippen molar-refractivity contribution < 1.29 is 9.53 Å². The molecule has 20 heavy (non-hydrogen) atoms. The van der Waals surface area contributed by atoms with Crippen molar-refractivity contribution in [2.24, 2.45) is 5.73 Å². The van der Waals surface area contributed by atoms with Crippen LogP contribution in [0.1, 0.15) is 18.4 Å². The van der Waals surface area contributed by atoms with Gasteiger partial charge in [0.05, 0.1) is 5.69 Å². The van der Waals surface area contributed by atoms with Crippen LogP contribution < -0.4 is 15.8 Å². The molecule has 0 spiro atoms. The third kappa shape index (κ3) is 6.04. The van der Waals surface area contributed by atoms with Crippen LogP contribution in [0.4, 0.5) is 5.69 Å². The number of carbonyl (C=O) groups is 1. The van der Waals surface area contributed by atoms with Gasteiger partial charge in [0.1, 0.15) is 12.4 Å². The molecule has 0 heterocycles. The molecule has 0 aliphatic carbocycles. The summed E-state index contributed by atoms with van der Waals surface area (Å²) >= 11 is 0. The zero-order valence-corrected chi connectivity index (χ0v) is 12.6. The van der Waals surface area contributed by atoms with Gasteiger partial charge in [-0.25, -0.2) is 0 Å². The molecule has 1 aromatic carbocycles. The first-order chi connectivity index (χ1) is 9.52. The highest BCUT2D eigenvalue weighted by atomic mass is 16.5. The van der Waals surface area contributed by atoms with Gasteiger partial charge in [0.25, 0.3) is 0 Å². The maximum atomic E-state index is 11.8. The minimum atomic E-state index is -0.0308. The summed E-state index contributed by atoms with van der Waals surface area (Å²) in [4.78, 5) is 13.8. The zero-order chi connectivity index (χ0) is 15.0. The maximum Gasteiger partial charge on any atom is 0.224 e. The van der Waals surface area contributed by atoms with Crippen molar-refractivity contribution in [1.82, 2.24) is 4.90 Å². The molecule has 1 rings (SSSR count). The van der Waals surface area contributed by atoms with E-state index in [1.54, 1.807) is 0 Å². The summed E-state index contributed by atoms with van der Waals surface area (Å²) in [5.41, 5.74) is 7.23. The van der Waals surface area contributed by atoms with E-state index in [0.717, 1.165) is 17.8 Å². The van der Waals surface area contributed by atoms with Crippen molar-refractivity contribution in [2.75, 3.05) is 39.1 Å². The number of rotatable bonds is 8. The van der Waals surface area contributed by atoms with Gasteiger partial charge in [-0.1, -0.05) is 6.07 Å². The number of nitrogens with two attached hydrogens (primary N) is 1. The van der Waals surface area contributed by atoms with Crippen LogP contribution in [0.2, 0.25) is 0 Å². The number of likely N-dealkylation sites (N-methyl/N-ethyl adjacent to an activating group) is 1. The van der Waals surface area contributed by atoms with Gasteiger partial charge in [0.15, 0.2) is 0 Å². The number of hydrogen-bond donors (Lipinski definition) is 2. The monoisotopic (exact) mass is 279 g/mol. The second-order valence-electron chi connectivity index (χ2n) is 5.09. The van der Waals surface area contributed by atoms with Gasteiger partial charge < -0.3 is 20.7 Å². The summed E-state index contributed by atoms with van der Waals surface area (Å²) in [6, 6.07) is 5.77. The van der Waals surface area contributed by atoms with E-state index in [0.29, 0.717) is 31.7 Å². The third-order valence-electron chi connectivity index (χ3n) is 2.82. The van der Waals surface area contributed by atoms with Crippen LogP contribution in [0.25, 0.3) is 0 Å². The lowest BCUT2D eigenvalue weighted by molar-refractivity contribution is -0.116. The van der Waals surface area contributed by atoms with E-state index in [9.17, 15) is 4.79 Å². The number of amides is 1. The Kier molecular flexibility index (Phi) is 7.04. The Labute approximate surface area is 121 Å². The predicted octanol–water partition coefficient (Wildman–Crippen LogP) is 1.61. The predicted molar refractivity (Wildman–Crippen MR) is 82.1 cm³/mol. The van der Waals surface area contributed by atoms with Crippen LogP contribution in [0.3, 0.4) is 0 Å². The molecule has 112 valence electrons. The molecule has 0 aliphatic rings. The third-order valence-corrected chi connectivity index (χ3v) is 2.82.